The Morgan fingerprint density at radius 3 is 2.76 bits per heavy atom. The minimum Gasteiger partial charge on any atom is -0.368 e. The predicted molar refractivity (Wildman–Crippen MR) is 85.2 cm³/mol. The fourth-order valence-electron chi connectivity index (χ4n) is 3.34. The number of likely N-dealkylation sites (N-methyl/N-ethyl adjacent to an activating group) is 1. The Morgan fingerprint density at radius 1 is 1.24 bits per heavy atom. The first-order valence-electron chi connectivity index (χ1n) is 8.03. The quantitative estimate of drug-likeness (QED) is 0.747. The van der Waals surface area contributed by atoms with Gasteiger partial charge in [0.1, 0.15) is 5.82 Å². The minimum atomic E-state index is 0.378. The molecule has 0 unspecified atom stereocenters. The molecule has 0 spiro atoms. The lowest BCUT2D eigenvalue weighted by Gasteiger charge is -2.19. The third-order valence-electron chi connectivity index (χ3n) is 4.63. The van der Waals surface area contributed by atoms with Crippen molar-refractivity contribution in [2.24, 2.45) is 0 Å². The molecule has 0 amide bonds. The van der Waals surface area contributed by atoms with E-state index in [1.54, 1.807) is 0 Å². The second kappa shape index (κ2) is 6.58. The summed E-state index contributed by atoms with van der Waals surface area (Å²) in [5, 5.41) is 6.91. The van der Waals surface area contributed by atoms with E-state index in [0.29, 0.717) is 18.0 Å². The van der Waals surface area contributed by atoms with E-state index in [2.05, 4.69) is 31.6 Å². The van der Waals surface area contributed by atoms with Gasteiger partial charge in [-0.3, -0.25) is 0 Å². The van der Waals surface area contributed by atoms with Gasteiger partial charge >= 0.3 is 0 Å². The van der Waals surface area contributed by atoms with E-state index in [-0.39, 0.29) is 0 Å². The summed E-state index contributed by atoms with van der Waals surface area (Å²) < 4.78 is 0. The molecule has 1 atom stereocenters. The van der Waals surface area contributed by atoms with Crippen molar-refractivity contribution in [3.05, 3.63) is 11.8 Å². The van der Waals surface area contributed by atoms with E-state index in [9.17, 15) is 0 Å². The number of nitrogens with zero attached hydrogens (tertiary/aromatic N) is 3. The first-order valence-corrected chi connectivity index (χ1v) is 8.03. The summed E-state index contributed by atoms with van der Waals surface area (Å²) in [5.74, 6) is 1.34. The summed E-state index contributed by atoms with van der Waals surface area (Å²) in [7, 11) is 2.01. The van der Waals surface area contributed by atoms with Gasteiger partial charge in [-0.05, 0) is 26.3 Å². The van der Waals surface area contributed by atoms with Crippen LogP contribution in [0.5, 0.6) is 0 Å². The molecule has 1 aromatic rings. The largest absolute Gasteiger partial charge is 0.368 e. The molecule has 1 aliphatic carbocycles. The average Bonchev–Trinajstić information content (AvgIpc) is 3.16. The average molecular weight is 290 g/mol. The monoisotopic (exact) mass is 290 g/mol. The van der Waals surface area contributed by atoms with Gasteiger partial charge in [0.15, 0.2) is 0 Å². The molecule has 4 N–H and O–H groups in total. The Kier molecular flexibility index (Phi) is 4.55. The molecule has 1 aromatic heterocycles. The number of nitrogens with two attached hydrogens (primary N) is 1. The summed E-state index contributed by atoms with van der Waals surface area (Å²) in [6.45, 7) is 2.80. The van der Waals surface area contributed by atoms with Crippen molar-refractivity contribution in [1.82, 2.24) is 20.6 Å². The maximum Gasteiger partial charge on any atom is 0.222 e. The van der Waals surface area contributed by atoms with Gasteiger partial charge in [0, 0.05) is 37.8 Å². The van der Waals surface area contributed by atoms with Crippen LogP contribution in [0.1, 0.15) is 37.8 Å². The molecule has 6 nitrogen and oxygen atoms in total. The molecule has 1 aliphatic heterocycles. The lowest BCUT2D eigenvalue weighted by atomic mass is 10.2. The molecule has 0 aromatic carbocycles. The summed E-state index contributed by atoms with van der Waals surface area (Å²) in [6, 6.07) is 3.27. The molecule has 6 heteroatoms. The molecule has 3 rings (SSSR count). The first-order chi connectivity index (χ1) is 10.2. The molecule has 1 saturated carbocycles. The lowest BCUT2D eigenvalue weighted by Crippen LogP contribution is -2.30. The summed E-state index contributed by atoms with van der Waals surface area (Å²) in [4.78, 5) is 11.1. The molecule has 2 aliphatic rings. The van der Waals surface area contributed by atoms with E-state index in [1.165, 1.54) is 25.7 Å². The molecule has 116 valence electrons. The van der Waals surface area contributed by atoms with Crippen molar-refractivity contribution >= 4 is 11.8 Å². The predicted octanol–water partition coefficient (Wildman–Crippen LogP) is 0.889. The third kappa shape index (κ3) is 3.63. The number of nitrogen functional groups attached to an aromatic ring is 1. The van der Waals surface area contributed by atoms with Gasteiger partial charge in [0.25, 0.3) is 0 Å². The van der Waals surface area contributed by atoms with Crippen molar-refractivity contribution < 1.29 is 0 Å². The SMILES string of the molecule is CN[C@@H]1CCN(c2cc(CNC3CCCC3)nc(N)n2)C1. The van der Waals surface area contributed by atoms with Crippen LogP contribution in [0, 0.1) is 0 Å². The third-order valence-corrected chi connectivity index (χ3v) is 4.63. The van der Waals surface area contributed by atoms with Crippen LogP contribution >= 0.6 is 0 Å². The molecule has 0 bridgehead atoms. The van der Waals surface area contributed by atoms with Crippen molar-refractivity contribution in [2.75, 3.05) is 30.8 Å². The number of hydrogen-bond acceptors (Lipinski definition) is 6. The van der Waals surface area contributed by atoms with E-state index >= 15 is 0 Å². The molecular formula is C15H26N6. The highest BCUT2D eigenvalue weighted by Crippen LogP contribution is 2.21. The Hall–Kier alpha value is -1.40. The van der Waals surface area contributed by atoms with Gasteiger partial charge < -0.3 is 21.3 Å². The summed E-state index contributed by atoms with van der Waals surface area (Å²) in [5.41, 5.74) is 6.88. The topological polar surface area (TPSA) is 79.1 Å². The second-order valence-corrected chi connectivity index (χ2v) is 6.16. The van der Waals surface area contributed by atoms with E-state index in [4.69, 9.17) is 5.73 Å². The maximum atomic E-state index is 5.89. The maximum absolute atomic E-state index is 5.89. The number of nitrogens with one attached hydrogen (secondary N) is 2. The fraction of sp³-hybridized carbons (Fsp3) is 0.733. The highest BCUT2D eigenvalue weighted by molar-refractivity contribution is 5.44. The smallest absolute Gasteiger partial charge is 0.222 e. The van der Waals surface area contributed by atoms with Crippen LogP contribution < -0.4 is 21.3 Å². The van der Waals surface area contributed by atoms with Gasteiger partial charge in [-0.25, -0.2) is 4.98 Å². The Balaban J connectivity index is 1.64. The zero-order valence-electron chi connectivity index (χ0n) is 12.8. The fourth-order valence-corrected chi connectivity index (χ4v) is 3.34. The van der Waals surface area contributed by atoms with E-state index in [1.807, 2.05) is 7.05 Å². The zero-order valence-corrected chi connectivity index (χ0v) is 12.8. The minimum absolute atomic E-state index is 0.378. The standard InChI is InChI=1S/C15H26N6/c1-17-12-6-7-21(10-12)14-8-13(19-15(16)20-14)9-18-11-4-2-3-5-11/h8,11-12,17-18H,2-7,9-10H2,1H3,(H2,16,19,20)/t12-/m1/s1. The number of aromatic nitrogens is 2. The Morgan fingerprint density at radius 2 is 2.05 bits per heavy atom. The van der Waals surface area contributed by atoms with Crippen LogP contribution in [-0.4, -0.2) is 42.2 Å². The zero-order chi connectivity index (χ0) is 14.7. The van der Waals surface area contributed by atoms with Crippen LogP contribution in [0.15, 0.2) is 6.07 Å². The summed E-state index contributed by atoms with van der Waals surface area (Å²) in [6.07, 6.45) is 6.39. The highest BCUT2D eigenvalue weighted by atomic mass is 15.2. The number of anilines is 2. The highest BCUT2D eigenvalue weighted by Gasteiger charge is 2.23. The molecular weight excluding hydrogens is 264 g/mol. The molecule has 0 radical (unpaired) electrons. The molecule has 21 heavy (non-hydrogen) atoms. The normalized spacial score (nSPS) is 23.1. The van der Waals surface area contributed by atoms with E-state index in [0.717, 1.165) is 37.6 Å². The Bertz CT molecular complexity index is 471. The second-order valence-electron chi connectivity index (χ2n) is 6.16. The van der Waals surface area contributed by atoms with Gasteiger partial charge in [-0.1, -0.05) is 12.8 Å². The summed E-state index contributed by atoms with van der Waals surface area (Å²) >= 11 is 0. The van der Waals surface area contributed by atoms with Gasteiger partial charge in [-0.15, -0.1) is 0 Å². The van der Waals surface area contributed by atoms with Crippen LogP contribution in [0.25, 0.3) is 0 Å². The van der Waals surface area contributed by atoms with Crippen molar-refractivity contribution in [3.63, 3.8) is 0 Å². The molecule has 2 heterocycles. The molecule has 1 saturated heterocycles. The van der Waals surface area contributed by atoms with E-state index < -0.39 is 0 Å². The van der Waals surface area contributed by atoms with Gasteiger partial charge in [0.05, 0.1) is 5.69 Å². The van der Waals surface area contributed by atoms with Crippen molar-refractivity contribution in [3.8, 4) is 0 Å². The lowest BCUT2D eigenvalue weighted by molar-refractivity contribution is 0.519. The van der Waals surface area contributed by atoms with Crippen LogP contribution in [0.2, 0.25) is 0 Å². The number of rotatable bonds is 5. The van der Waals surface area contributed by atoms with Gasteiger partial charge in [0.2, 0.25) is 5.95 Å². The van der Waals surface area contributed by atoms with Crippen molar-refractivity contribution in [2.45, 2.75) is 50.7 Å². The Labute approximate surface area is 126 Å². The van der Waals surface area contributed by atoms with Crippen LogP contribution in [0.4, 0.5) is 11.8 Å². The first kappa shape index (κ1) is 14.5. The number of hydrogen-bond donors (Lipinski definition) is 3. The van der Waals surface area contributed by atoms with Crippen LogP contribution in [0.3, 0.4) is 0 Å². The van der Waals surface area contributed by atoms with Gasteiger partial charge in [-0.2, -0.15) is 4.98 Å². The van der Waals surface area contributed by atoms with Crippen molar-refractivity contribution in [1.29, 1.82) is 0 Å². The van der Waals surface area contributed by atoms with Crippen LogP contribution in [-0.2, 0) is 6.54 Å². The molecule has 2 fully saturated rings.